The van der Waals surface area contributed by atoms with Crippen molar-refractivity contribution >= 4 is 17.4 Å². The molecule has 0 amide bonds. The molecule has 2 rings (SSSR count). The molecule has 0 spiro atoms. The third-order valence-corrected chi connectivity index (χ3v) is 3.88. The van der Waals surface area contributed by atoms with Gasteiger partial charge in [0.2, 0.25) is 0 Å². The molecule has 1 heterocycles. The summed E-state index contributed by atoms with van der Waals surface area (Å²) in [7, 11) is 0. The Morgan fingerprint density at radius 2 is 2.19 bits per heavy atom. The molecule has 0 saturated carbocycles. The summed E-state index contributed by atoms with van der Waals surface area (Å²) in [5.41, 5.74) is 3.08. The molecule has 1 aliphatic heterocycles. The minimum absolute atomic E-state index is 0.812. The Balaban J connectivity index is 2.28. The van der Waals surface area contributed by atoms with Gasteiger partial charge in [-0.1, -0.05) is 6.07 Å². The number of anilines is 1. The van der Waals surface area contributed by atoms with Crippen molar-refractivity contribution in [2.45, 2.75) is 13.3 Å². The SMILES string of the molecule is Cc1ccc(N2CCCSCC2)c(C#N)c1. The molecule has 1 aromatic rings. The summed E-state index contributed by atoms with van der Waals surface area (Å²) in [6, 6.07) is 8.46. The summed E-state index contributed by atoms with van der Waals surface area (Å²) in [4.78, 5) is 2.35. The molecular formula is C13H16N2S. The van der Waals surface area contributed by atoms with Crippen molar-refractivity contribution in [3.63, 3.8) is 0 Å². The molecule has 1 aliphatic rings. The third kappa shape index (κ3) is 2.51. The van der Waals surface area contributed by atoms with E-state index in [9.17, 15) is 0 Å². The molecule has 1 fully saturated rings. The van der Waals surface area contributed by atoms with Crippen LogP contribution in [0, 0.1) is 18.3 Å². The number of nitriles is 1. The van der Waals surface area contributed by atoms with Gasteiger partial charge in [-0.05, 0) is 36.8 Å². The van der Waals surface area contributed by atoms with Crippen molar-refractivity contribution < 1.29 is 0 Å². The minimum atomic E-state index is 0.812. The highest BCUT2D eigenvalue weighted by molar-refractivity contribution is 7.99. The van der Waals surface area contributed by atoms with Gasteiger partial charge in [0.25, 0.3) is 0 Å². The fourth-order valence-corrected chi connectivity index (χ4v) is 2.89. The predicted molar refractivity (Wildman–Crippen MR) is 70.0 cm³/mol. The Labute approximate surface area is 101 Å². The monoisotopic (exact) mass is 232 g/mol. The lowest BCUT2D eigenvalue weighted by Gasteiger charge is -2.23. The summed E-state index contributed by atoms with van der Waals surface area (Å²) in [6.45, 7) is 4.16. The number of hydrogen-bond acceptors (Lipinski definition) is 3. The molecule has 0 unspecified atom stereocenters. The maximum atomic E-state index is 9.16. The zero-order valence-electron chi connectivity index (χ0n) is 9.57. The summed E-state index contributed by atoms with van der Waals surface area (Å²) in [5, 5.41) is 9.16. The van der Waals surface area contributed by atoms with Crippen LogP contribution in [-0.2, 0) is 0 Å². The van der Waals surface area contributed by atoms with Crippen LogP contribution in [0.5, 0.6) is 0 Å². The highest BCUT2D eigenvalue weighted by Gasteiger charge is 2.13. The minimum Gasteiger partial charge on any atom is -0.370 e. The number of rotatable bonds is 1. The van der Waals surface area contributed by atoms with Crippen molar-refractivity contribution in [3.05, 3.63) is 29.3 Å². The molecular weight excluding hydrogens is 216 g/mol. The van der Waals surface area contributed by atoms with E-state index in [0.29, 0.717) is 0 Å². The second kappa shape index (κ2) is 5.27. The number of benzene rings is 1. The lowest BCUT2D eigenvalue weighted by molar-refractivity contribution is 0.815. The van der Waals surface area contributed by atoms with E-state index < -0.39 is 0 Å². The number of hydrogen-bond donors (Lipinski definition) is 0. The van der Waals surface area contributed by atoms with Crippen LogP contribution >= 0.6 is 11.8 Å². The molecule has 1 aromatic carbocycles. The van der Waals surface area contributed by atoms with E-state index in [0.717, 1.165) is 29.9 Å². The molecule has 0 atom stereocenters. The van der Waals surface area contributed by atoms with Crippen molar-refractivity contribution in [1.82, 2.24) is 0 Å². The van der Waals surface area contributed by atoms with E-state index in [2.05, 4.69) is 23.1 Å². The molecule has 0 aliphatic carbocycles. The summed E-state index contributed by atoms with van der Waals surface area (Å²) in [5.74, 6) is 2.41. The molecule has 0 radical (unpaired) electrons. The van der Waals surface area contributed by atoms with E-state index in [4.69, 9.17) is 5.26 Å². The van der Waals surface area contributed by atoms with Gasteiger partial charge >= 0.3 is 0 Å². The maximum Gasteiger partial charge on any atom is 0.101 e. The fourth-order valence-electron chi connectivity index (χ4n) is 2.00. The zero-order valence-corrected chi connectivity index (χ0v) is 10.4. The standard InChI is InChI=1S/C13H16N2S/c1-11-3-4-13(12(9-11)10-14)15-5-2-7-16-8-6-15/h3-4,9H,2,5-8H2,1H3. The zero-order chi connectivity index (χ0) is 11.4. The van der Waals surface area contributed by atoms with Crippen molar-refractivity contribution in [2.75, 3.05) is 29.5 Å². The fraction of sp³-hybridized carbons (Fsp3) is 0.462. The van der Waals surface area contributed by atoms with Gasteiger partial charge in [0.15, 0.2) is 0 Å². The van der Waals surface area contributed by atoms with Gasteiger partial charge in [0.05, 0.1) is 11.3 Å². The third-order valence-electron chi connectivity index (χ3n) is 2.84. The first-order chi connectivity index (χ1) is 7.81. The van der Waals surface area contributed by atoms with Gasteiger partial charge in [-0.15, -0.1) is 0 Å². The van der Waals surface area contributed by atoms with Crippen LogP contribution in [0.1, 0.15) is 17.5 Å². The van der Waals surface area contributed by atoms with Crippen molar-refractivity contribution in [3.8, 4) is 6.07 Å². The molecule has 0 N–H and O–H groups in total. The van der Waals surface area contributed by atoms with Gasteiger partial charge in [-0.3, -0.25) is 0 Å². The van der Waals surface area contributed by atoms with Crippen molar-refractivity contribution in [2.24, 2.45) is 0 Å². The Hall–Kier alpha value is -1.14. The van der Waals surface area contributed by atoms with Gasteiger partial charge < -0.3 is 4.90 Å². The smallest absolute Gasteiger partial charge is 0.101 e. The van der Waals surface area contributed by atoms with E-state index >= 15 is 0 Å². The first-order valence-corrected chi connectivity index (χ1v) is 6.80. The first-order valence-electron chi connectivity index (χ1n) is 5.65. The largest absolute Gasteiger partial charge is 0.370 e. The van der Waals surface area contributed by atoms with E-state index in [-0.39, 0.29) is 0 Å². The van der Waals surface area contributed by atoms with Gasteiger partial charge in [0.1, 0.15) is 6.07 Å². The number of nitrogens with zero attached hydrogens (tertiary/aromatic N) is 2. The number of aryl methyl sites for hydroxylation is 1. The maximum absolute atomic E-state index is 9.16. The van der Waals surface area contributed by atoms with Crippen LogP contribution in [0.25, 0.3) is 0 Å². The van der Waals surface area contributed by atoms with E-state index in [1.54, 1.807) is 0 Å². The number of thioether (sulfide) groups is 1. The molecule has 2 nitrogen and oxygen atoms in total. The average molecular weight is 232 g/mol. The van der Waals surface area contributed by atoms with Crippen LogP contribution in [0.4, 0.5) is 5.69 Å². The van der Waals surface area contributed by atoms with E-state index in [1.165, 1.54) is 17.9 Å². The van der Waals surface area contributed by atoms with Gasteiger partial charge in [-0.2, -0.15) is 17.0 Å². The Bertz CT molecular complexity index is 401. The first kappa shape index (κ1) is 11.3. The highest BCUT2D eigenvalue weighted by atomic mass is 32.2. The van der Waals surface area contributed by atoms with Crippen LogP contribution in [-0.4, -0.2) is 24.6 Å². The van der Waals surface area contributed by atoms with Crippen LogP contribution in [0.15, 0.2) is 18.2 Å². The molecule has 3 heteroatoms. The molecule has 16 heavy (non-hydrogen) atoms. The highest BCUT2D eigenvalue weighted by Crippen LogP contribution is 2.23. The molecule has 1 saturated heterocycles. The second-order valence-corrected chi connectivity index (χ2v) is 5.31. The van der Waals surface area contributed by atoms with Crippen molar-refractivity contribution in [1.29, 1.82) is 5.26 Å². The molecule has 84 valence electrons. The lowest BCUT2D eigenvalue weighted by Crippen LogP contribution is -2.26. The molecule has 0 aromatic heterocycles. The van der Waals surface area contributed by atoms with Gasteiger partial charge in [0, 0.05) is 18.8 Å². The topological polar surface area (TPSA) is 27.0 Å². The summed E-state index contributed by atoms with van der Waals surface area (Å²) >= 11 is 2.01. The Morgan fingerprint density at radius 3 is 3.00 bits per heavy atom. The Kier molecular flexibility index (Phi) is 3.74. The molecule has 0 bridgehead atoms. The summed E-state index contributed by atoms with van der Waals surface area (Å²) in [6.07, 6.45) is 1.21. The lowest BCUT2D eigenvalue weighted by atomic mass is 10.1. The van der Waals surface area contributed by atoms with Crippen LogP contribution < -0.4 is 4.90 Å². The second-order valence-electron chi connectivity index (χ2n) is 4.09. The van der Waals surface area contributed by atoms with E-state index in [1.807, 2.05) is 24.8 Å². The van der Waals surface area contributed by atoms with Crippen LogP contribution in [0.3, 0.4) is 0 Å². The quantitative estimate of drug-likeness (QED) is 0.745. The van der Waals surface area contributed by atoms with Gasteiger partial charge in [-0.25, -0.2) is 0 Å². The normalized spacial score (nSPS) is 16.6. The van der Waals surface area contributed by atoms with Crippen LogP contribution in [0.2, 0.25) is 0 Å². The predicted octanol–water partition coefficient (Wildman–Crippen LogP) is 2.81. The summed E-state index contributed by atoms with van der Waals surface area (Å²) < 4.78 is 0. The average Bonchev–Trinajstić information content (AvgIpc) is 2.57. The Morgan fingerprint density at radius 1 is 1.31 bits per heavy atom.